The van der Waals surface area contributed by atoms with E-state index in [1.165, 1.54) is 0 Å². The zero-order chi connectivity index (χ0) is 13.9. The van der Waals surface area contributed by atoms with E-state index in [-0.39, 0.29) is 11.9 Å². The first-order valence-corrected chi connectivity index (χ1v) is 7.11. The number of benzene rings is 1. The van der Waals surface area contributed by atoms with E-state index in [0.717, 1.165) is 17.1 Å². The summed E-state index contributed by atoms with van der Waals surface area (Å²) < 4.78 is 4.23. The predicted octanol–water partition coefficient (Wildman–Crippen LogP) is 0.866. The lowest BCUT2D eigenvalue weighted by Crippen LogP contribution is -2.35. The van der Waals surface area contributed by atoms with E-state index in [1.54, 1.807) is 0 Å². The molecule has 2 unspecified atom stereocenters. The van der Waals surface area contributed by atoms with Crippen LogP contribution >= 0.6 is 11.5 Å². The lowest BCUT2D eigenvalue weighted by Gasteiger charge is -2.07. The maximum Gasteiger partial charge on any atom is 0.243 e. The Labute approximate surface area is 120 Å². The first kappa shape index (κ1) is 13.2. The van der Waals surface area contributed by atoms with Gasteiger partial charge in [-0.3, -0.25) is 10.1 Å². The number of aliphatic hydroxyl groups is 1. The summed E-state index contributed by atoms with van der Waals surface area (Å²) in [5.41, 5.74) is 0.915. The summed E-state index contributed by atoms with van der Waals surface area (Å²) in [5, 5.41) is 15.6. The van der Waals surface area contributed by atoms with Crippen molar-refractivity contribution in [3.05, 3.63) is 30.3 Å². The van der Waals surface area contributed by atoms with Crippen LogP contribution in [0.25, 0.3) is 11.4 Å². The molecule has 0 bridgehead atoms. The van der Waals surface area contributed by atoms with E-state index in [1.807, 2.05) is 30.3 Å². The second-order valence-corrected chi connectivity index (χ2v) is 5.38. The molecule has 0 spiro atoms. The molecule has 7 heteroatoms. The molecular formula is C13H14N4O2S. The van der Waals surface area contributed by atoms with Crippen LogP contribution in [-0.4, -0.2) is 39.1 Å². The van der Waals surface area contributed by atoms with Gasteiger partial charge in [-0.05, 0) is 6.42 Å². The molecule has 2 aromatic rings. The van der Waals surface area contributed by atoms with Gasteiger partial charge in [-0.1, -0.05) is 30.3 Å². The third-order valence-corrected chi connectivity index (χ3v) is 3.74. The zero-order valence-electron chi connectivity index (χ0n) is 10.6. The predicted molar refractivity (Wildman–Crippen MR) is 76.4 cm³/mol. The first-order valence-electron chi connectivity index (χ1n) is 6.34. The summed E-state index contributed by atoms with van der Waals surface area (Å²) >= 11 is 1.15. The molecule has 1 fully saturated rings. The highest BCUT2D eigenvalue weighted by Gasteiger charge is 2.28. The Hall–Kier alpha value is -1.83. The molecule has 104 valence electrons. The number of carbonyl (C=O) groups is 1. The molecule has 3 N–H and O–H groups in total. The van der Waals surface area contributed by atoms with Gasteiger partial charge in [0.2, 0.25) is 11.0 Å². The third-order valence-electron chi connectivity index (χ3n) is 3.11. The average molecular weight is 290 g/mol. The largest absolute Gasteiger partial charge is 0.392 e. The second-order valence-electron chi connectivity index (χ2n) is 4.63. The van der Waals surface area contributed by atoms with Gasteiger partial charge >= 0.3 is 0 Å². The number of hydrogen-bond donors (Lipinski definition) is 3. The number of carbonyl (C=O) groups excluding carboxylic acids is 1. The molecule has 0 radical (unpaired) electrons. The van der Waals surface area contributed by atoms with E-state index in [2.05, 4.69) is 20.0 Å². The number of nitrogens with zero attached hydrogens (tertiary/aromatic N) is 2. The minimum atomic E-state index is -0.458. The molecule has 20 heavy (non-hydrogen) atoms. The van der Waals surface area contributed by atoms with Crippen molar-refractivity contribution in [1.29, 1.82) is 0 Å². The number of hydrogen-bond acceptors (Lipinski definition) is 6. The molecule has 2 heterocycles. The first-order chi connectivity index (χ1) is 9.72. The molecule has 0 aliphatic carbocycles. The van der Waals surface area contributed by atoms with E-state index < -0.39 is 6.10 Å². The van der Waals surface area contributed by atoms with Gasteiger partial charge in [-0.2, -0.15) is 9.36 Å². The fourth-order valence-electron chi connectivity index (χ4n) is 2.09. The van der Waals surface area contributed by atoms with Crippen molar-refractivity contribution in [3.8, 4) is 11.4 Å². The fraction of sp³-hybridized carbons (Fsp3) is 0.308. The smallest absolute Gasteiger partial charge is 0.243 e. The maximum atomic E-state index is 12.0. The van der Waals surface area contributed by atoms with E-state index >= 15 is 0 Å². The number of anilines is 1. The van der Waals surface area contributed by atoms with Crippen LogP contribution in [0.4, 0.5) is 5.13 Å². The van der Waals surface area contributed by atoms with Gasteiger partial charge in [0, 0.05) is 23.6 Å². The third kappa shape index (κ3) is 2.84. The standard InChI is InChI=1S/C13H14N4O2S/c18-9-6-10(14-7-9)12(19)16-13-15-11(17-20-13)8-4-2-1-3-5-8/h1-5,9-10,14,18H,6-7H2,(H,15,16,17,19). The lowest BCUT2D eigenvalue weighted by molar-refractivity contribution is -0.117. The fourth-order valence-corrected chi connectivity index (χ4v) is 2.68. The molecule has 1 saturated heterocycles. The Balaban J connectivity index is 1.67. The monoisotopic (exact) mass is 290 g/mol. The van der Waals surface area contributed by atoms with Crippen LogP contribution in [0, 0.1) is 0 Å². The van der Waals surface area contributed by atoms with Crippen LogP contribution in [0.1, 0.15) is 6.42 Å². The highest BCUT2D eigenvalue weighted by Crippen LogP contribution is 2.21. The van der Waals surface area contributed by atoms with Crippen LogP contribution in [-0.2, 0) is 4.79 Å². The summed E-state index contributed by atoms with van der Waals surface area (Å²) in [6.07, 6.45) is -0.0315. The second kappa shape index (κ2) is 5.66. The average Bonchev–Trinajstić information content (AvgIpc) is 3.09. The highest BCUT2D eigenvalue weighted by atomic mass is 32.1. The number of rotatable bonds is 3. The quantitative estimate of drug-likeness (QED) is 0.780. The van der Waals surface area contributed by atoms with Crippen molar-refractivity contribution in [1.82, 2.24) is 14.7 Å². The highest BCUT2D eigenvalue weighted by molar-refractivity contribution is 7.10. The molecule has 3 rings (SSSR count). The normalized spacial score (nSPS) is 21.9. The molecule has 1 aliphatic rings. The van der Waals surface area contributed by atoms with Crippen molar-refractivity contribution in [2.45, 2.75) is 18.6 Å². The minimum Gasteiger partial charge on any atom is -0.392 e. The molecule has 1 aliphatic heterocycles. The molecule has 1 aromatic carbocycles. The van der Waals surface area contributed by atoms with Crippen LogP contribution in [0.15, 0.2) is 30.3 Å². The van der Waals surface area contributed by atoms with Crippen LogP contribution in [0.5, 0.6) is 0 Å². The Morgan fingerprint density at radius 3 is 2.90 bits per heavy atom. The summed E-state index contributed by atoms with van der Waals surface area (Å²) in [6, 6.07) is 9.23. The summed E-state index contributed by atoms with van der Waals surface area (Å²) in [7, 11) is 0. The number of β-amino-alcohol motifs (C(OH)–C–C–N with tert-alkyl or cyclic N) is 1. The van der Waals surface area contributed by atoms with Gasteiger partial charge in [0.25, 0.3) is 0 Å². The van der Waals surface area contributed by atoms with Crippen molar-refractivity contribution < 1.29 is 9.90 Å². The van der Waals surface area contributed by atoms with Gasteiger partial charge in [0.05, 0.1) is 12.1 Å². The molecule has 1 amide bonds. The molecule has 6 nitrogen and oxygen atoms in total. The van der Waals surface area contributed by atoms with Gasteiger partial charge in [0.15, 0.2) is 5.82 Å². The van der Waals surface area contributed by atoms with E-state index in [0.29, 0.717) is 23.9 Å². The van der Waals surface area contributed by atoms with Crippen LogP contribution in [0.2, 0.25) is 0 Å². The zero-order valence-corrected chi connectivity index (χ0v) is 11.4. The molecular weight excluding hydrogens is 276 g/mol. The summed E-state index contributed by atoms with van der Waals surface area (Å²) in [4.78, 5) is 16.3. The molecule has 1 aromatic heterocycles. The van der Waals surface area contributed by atoms with Gasteiger partial charge in [-0.15, -0.1) is 0 Å². The molecule has 0 saturated carbocycles. The van der Waals surface area contributed by atoms with E-state index in [4.69, 9.17) is 0 Å². The Kier molecular flexibility index (Phi) is 3.72. The number of amides is 1. The number of aliphatic hydroxyl groups excluding tert-OH is 1. The maximum absolute atomic E-state index is 12.0. The van der Waals surface area contributed by atoms with Crippen LogP contribution in [0.3, 0.4) is 0 Å². The van der Waals surface area contributed by atoms with Crippen molar-refractivity contribution in [2.24, 2.45) is 0 Å². The van der Waals surface area contributed by atoms with Gasteiger partial charge in [-0.25, -0.2) is 0 Å². The Bertz CT molecular complexity index is 601. The SMILES string of the molecule is O=C(Nc1nc(-c2ccccc2)ns1)C1CC(O)CN1. The number of nitrogens with one attached hydrogen (secondary N) is 2. The minimum absolute atomic E-state index is 0.183. The Morgan fingerprint density at radius 1 is 1.40 bits per heavy atom. The van der Waals surface area contributed by atoms with Crippen molar-refractivity contribution >= 4 is 22.6 Å². The van der Waals surface area contributed by atoms with Crippen molar-refractivity contribution in [2.75, 3.05) is 11.9 Å². The molecule has 2 atom stereocenters. The van der Waals surface area contributed by atoms with Gasteiger partial charge in [0.1, 0.15) is 0 Å². The summed E-state index contributed by atoms with van der Waals surface area (Å²) in [6.45, 7) is 0.448. The van der Waals surface area contributed by atoms with Gasteiger partial charge < -0.3 is 10.4 Å². The topological polar surface area (TPSA) is 87.1 Å². The lowest BCUT2D eigenvalue weighted by atomic mass is 10.2. The van der Waals surface area contributed by atoms with Crippen molar-refractivity contribution in [3.63, 3.8) is 0 Å². The summed E-state index contributed by atoms with van der Waals surface area (Å²) in [5.74, 6) is 0.419. The Morgan fingerprint density at radius 2 is 2.20 bits per heavy atom. The van der Waals surface area contributed by atoms with Crippen LogP contribution < -0.4 is 10.6 Å². The van der Waals surface area contributed by atoms with E-state index in [9.17, 15) is 9.90 Å². The number of aromatic nitrogens is 2.